The van der Waals surface area contributed by atoms with Crippen molar-refractivity contribution in [2.75, 3.05) is 13.7 Å². The van der Waals surface area contributed by atoms with E-state index in [9.17, 15) is 0 Å². The summed E-state index contributed by atoms with van der Waals surface area (Å²) in [5.41, 5.74) is 2.39. The van der Waals surface area contributed by atoms with Crippen LogP contribution in [0.2, 0.25) is 0 Å². The number of ether oxygens (including phenoxy) is 1. The summed E-state index contributed by atoms with van der Waals surface area (Å²) in [5, 5.41) is 6.78. The maximum atomic E-state index is 5.12. The first-order valence-electron chi connectivity index (χ1n) is 7.58. The van der Waals surface area contributed by atoms with E-state index in [1.807, 2.05) is 0 Å². The number of guanidine groups is 1. The first-order chi connectivity index (χ1) is 10.3. The fourth-order valence-electron chi connectivity index (χ4n) is 2.33. The zero-order valence-corrected chi connectivity index (χ0v) is 15.7. The molecule has 22 heavy (non-hydrogen) atoms. The molecule has 122 valence electrons. The summed E-state index contributed by atoms with van der Waals surface area (Å²) in [6, 6.07) is 8.88. The first-order valence-corrected chi connectivity index (χ1v) is 7.58. The van der Waals surface area contributed by atoms with E-state index in [4.69, 9.17) is 4.74 Å². The molecular weight excluding hydrogens is 389 g/mol. The van der Waals surface area contributed by atoms with Gasteiger partial charge in [0.05, 0.1) is 13.2 Å². The summed E-state index contributed by atoms with van der Waals surface area (Å²) in [6.07, 6.45) is 6.60. The van der Waals surface area contributed by atoms with Crippen LogP contribution in [-0.4, -0.2) is 25.7 Å². The standard InChI is InChI=1S/C17H25N3O.HI/c1-3-18-17(20-16-6-4-5-7-16)19-12-14-8-10-15(11-9-14)13-21-2;/h4-5,8-11,16H,3,6-7,12-13H2,1-2H3,(H2,18,19,20);1H. The number of methoxy groups -OCH3 is 1. The van der Waals surface area contributed by atoms with Crippen LogP contribution in [0.15, 0.2) is 41.4 Å². The molecule has 0 aromatic heterocycles. The van der Waals surface area contributed by atoms with Crippen molar-refractivity contribution >= 4 is 29.9 Å². The van der Waals surface area contributed by atoms with E-state index in [0.717, 1.165) is 25.3 Å². The van der Waals surface area contributed by atoms with Gasteiger partial charge in [0.2, 0.25) is 0 Å². The van der Waals surface area contributed by atoms with E-state index in [1.165, 1.54) is 11.1 Å². The van der Waals surface area contributed by atoms with Gasteiger partial charge in [-0.05, 0) is 30.9 Å². The van der Waals surface area contributed by atoms with Crippen molar-refractivity contribution in [2.45, 2.75) is 39.0 Å². The number of benzene rings is 1. The second-order valence-electron chi connectivity index (χ2n) is 5.23. The van der Waals surface area contributed by atoms with Crippen LogP contribution < -0.4 is 10.6 Å². The number of aliphatic imine (C=N–C) groups is 1. The smallest absolute Gasteiger partial charge is 0.191 e. The summed E-state index contributed by atoms with van der Waals surface area (Å²) in [7, 11) is 1.71. The third kappa shape index (κ3) is 6.36. The molecule has 0 saturated carbocycles. The van der Waals surface area contributed by atoms with Crippen LogP contribution in [-0.2, 0) is 17.9 Å². The lowest BCUT2D eigenvalue weighted by Gasteiger charge is -2.16. The van der Waals surface area contributed by atoms with Gasteiger partial charge in [0.15, 0.2) is 5.96 Å². The van der Waals surface area contributed by atoms with E-state index < -0.39 is 0 Å². The predicted octanol–water partition coefficient (Wildman–Crippen LogP) is 3.22. The molecule has 1 aliphatic carbocycles. The molecule has 0 fully saturated rings. The SMILES string of the molecule is CCNC(=NCc1ccc(COC)cc1)NC1CC=CC1.I. The summed E-state index contributed by atoms with van der Waals surface area (Å²) < 4.78 is 5.12. The molecule has 1 aromatic carbocycles. The monoisotopic (exact) mass is 415 g/mol. The molecule has 1 aliphatic rings. The van der Waals surface area contributed by atoms with Gasteiger partial charge in [0.25, 0.3) is 0 Å². The third-order valence-corrected chi connectivity index (χ3v) is 3.45. The quantitative estimate of drug-likeness (QED) is 0.325. The fourth-order valence-corrected chi connectivity index (χ4v) is 2.33. The minimum Gasteiger partial charge on any atom is -0.380 e. The molecule has 0 radical (unpaired) electrons. The third-order valence-electron chi connectivity index (χ3n) is 3.45. The van der Waals surface area contributed by atoms with E-state index in [-0.39, 0.29) is 24.0 Å². The highest BCUT2D eigenvalue weighted by Crippen LogP contribution is 2.09. The molecule has 0 aliphatic heterocycles. The number of rotatable bonds is 6. The molecular formula is C17H26IN3O. The molecule has 0 unspecified atom stereocenters. The Hall–Kier alpha value is -1.08. The van der Waals surface area contributed by atoms with E-state index in [2.05, 4.69) is 59.0 Å². The van der Waals surface area contributed by atoms with E-state index in [1.54, 1.807) is 7.11 Å². The van der Waals surface area contributed by atoms with E-state index in [0.29, 0.717) is 19.2 Å². The molecule has 0 atom stereocenters. The van der Waals surface area contributed by atoms with Gasteiger partial charge in [0.1, 0.15) is 0 Å². The van der Waals surface area contributed by atoms with Crippen LogP contribution >= 0.6 is 24.0 Å². The van der Waals surface area contributed by atoms with Gasteiger partial charge in [-0.25, -0.2) is 4.99 Å². The number of nitrogens with zero attached hydrogens (tertiary/aromatic N) is 1. The predicted molar refractivity (Wildman–Crippen MR) is 103 cm³/mol. The number of hydrogen-bond acceptors (Lipinski definition) is 2. The van der Waals surface area contributed by atoms with Gasteiger partial charge in [-0.1, -0.05) is 36.4 Å². The molecule has 0 heterocycles. The summed E-state index contributed by atoms with van der Waals surface area (Å²) >= 11 is 0. The molecule has 5 heteroatoms. The van der Waals surface area contributed by atoms with Crippen molar-refractivity contribution in [1.29, 1.82) is 0 Å². The molecule has 0 bridgehead atoms. The average molecular weight is 415 g/mol. The maximum Gasteiger partial charge on any atom is 0.191 e. The zero-order valence-electron chi connectivity index (χ0n) is 13.3. The van der Waals surface area contributed by atoms with Crippen LogP contribution in [0.4, 0.5) is 0 Å². The highest BCUT2D eigenvalue weighted by Gasteiger charge is 2.11. The molecule has 1 aromatic rings. The lowest BCUT2D eigenvalue weighted by Crippen LogP contribution is -2.42. The van der Waals surface area contributed by atoms with Crippen molar-refractivity contribution in [2.24, 2.45) is 4.99 Å². The van der Waals surface area contributed by atoms with Crippen molar-refractivity contribution in [3.63, 3.8) is 0 Å². The Kier molecular flexibility index (Phi) is 9.15. The lowest BCUT2D eigenvalue weighted by atomic mass is 10.1. The Balaban J connectivity index is 0.00000242. The largest absolute Gasteiger partial charge is 0.380 e. The van der Waals surface area contributed by atoms with Gasteiger partial charge in [0, 0.05) is 19.7 Å². The first kappa shape index (κ1) is 19.0. The number of nitrogens with one attached hydrogen (secondary N) is 2. The average Bonchev–Trinajstić information content (AvgIpc) is 3.00. The van der Waals surface area contributed by atoms with E-state index >= 15 is 0 Å². The number of halogens is 1. The molecule has 4 nitrogen and oxygen atoms in total. The zero-order chi connectivity index (χ0) is 14.9. The Labute approximate surface area is 150 Å². The molecule has 0 amide bonds. The van der Waals surface area contributed by atoms with Gasteiger partial charge in [-0.3, -0.25) is 0 Å². The Morgan fingerprint density at radius 3 is 2.41 bits per heavy atom. The van der Waals surface area contributed by atoms with Crippen molar-refractivity contribution in [1.82, 2.24) is 10.6 Å². The van der Waals surface area contributed by atoms with Gasteiger partial charge < -0.3 is 15.4 Å². The minimum atomic E-state index is 0. The van der Waals surface area contributed by atoms with Crippen LogP contribution in [0.3, 0.4) is 0 Å². The summed E-state index contributed by atoms with van der Waals surface area (Å²) in [6.45, 7) is 4.30. The fraction of sp³-hybridized carbons (Fsp3) is 0.471. The lowest BCUT2D eigenvalue weighted by molar-refractivity contribution is 0.185. The Morgan fingerprint density at radius 2 is 1.82 bits per heavy atom. The Morgan fingerprint density at radius 1 is 1.18 bits per heavy atom. The van der Waals surface area contributed by atoms with Crippen molar-refractivity contribution in [3.8, 4) is 0 Å². The normalized spacial score (nSPS) is 14.7. The van der Waals surface area contributed by atoms with Crippen molar-refractivity contribution < 1.29 is 4.74 Å². The van der Waals surface area contributed by atoms with Gasteiger partial charge >= 0.3 is 0 Å². The van der Waals surface area contributed by atoms with Crippen molar-refractivity contribution in [3.05, 3.63) is 47.5 Å². The second kappa shape index (κ2) is 10.6. The van der Waals surface area contributed by atoms with Gasteiger partial charge in [-0.15, -0.1) is 24.0 Å². The summed E-state index contributed by atoms with van der Waals surface area (Å²) in [5.74, 6) is 0.896. The molecule has 0 saturated heterocycles. The summed E-state index contributed by atoms with van der Waals surface area (Å²) in [4.78, 5) is 4.66. The number of hydrogen-bond donors (Lipinski definition) is 2. The van der Waals surface area contributed by atoms with Crippen LogP contribution in [0.5, 0.6) is 0 Å². The highest BCUT2D eigenvalue weighted by molar-refractivity contribution is 14.0. The van der Waals surface area contributed by atoms with Gasteiger partial charge in [-0.2, -0.15) is 0 Å². The highest BCUT2D eigenvalue weighted by atomic mass is 127. The topological polar surface area (TPSA) is 45.7 Å². The molecule has 2 N–H and O–H groups in total. The maximum absolute atomic E-state index is 5.12. The molecule has 0 spiro atoms. The Bertz CT molecular complexity index is 477. The minimum absolute atomic E-state index is 0. The van der Waals surface area contributed by atoms with Crippen LogP contribution in [0.1, 0.15) is 30.9 Å². The van der Waals surface area contributed by atoms with Crippen LogP contribution in [0, 0.1) is 0 Å². The second-order valence-corrected chi connectivity index (χ2v) is 5.23. The van der Waals surface area contributed by atoms with Crippen LogP contribution in [0.25, 0.3) is 0 Å². The molecule has 2 rings (SSSR count).